The molecular formula is C52H49N3O. The Labute approximate surface area is 342 Å². The Bertz CT molecular complexity index is 3110. The van der Waals surface area contributed by atoms with E-state index >= 15 is 0 Å². The van der Waals surface area contributed by atoms with E-state index in [9.17, 15) is 5.11 Å². The van der Waals surface area contributed by atoms with Crippen molar-refractivity contribution in [3.05, 3.63) is 167 Å². The number of aromatic nitrogens is 3. The number of hydrogen-bond donors (Lipinski definition) is 1. The maximum absolute atomic E-state index is 11.7. The summed E-state index contributed by atoms with van der Waals surface area (Å²) >= 11 is 0. The molecule has 0 aliphatic heterocycles. The molecule has 0 saturated heterocycles. The predicted octanol–water partition coefficient (Wildman–Crippen LogP) is 13.8. The highest BCUT2D eigenvalue weighted by Crippen LogP contribution is 2.42. The first-order valence-electron chi connectivity index (χ1n) is 22.8. The number of phenols is 1. The number of nitrogens with zero attached hydrogens (tertiary/aromatic N) is 3. The van der Waals surface area contributed by atoms with Crippen LogP contribution in [0.25, 0.3) is 72.7 Å². The zero-order valence-corrected chi connectivity index (χ0v) is 32.8. The van der Waals surface area contributed by atoms with Crippen LogP contribution >= 0.6 is 0 Å². The highest BCUT2D eigenvalue weighted by atomic mass is 16.3. The molecule has 1 N–H and O–H groups in total. The van der Waals surface area contributed by atoms with E-state index in [1.165, 1.54) is 0 Å². The maximum Gasteiger partial charge on any atom is 0.149 e. The van der Waals surface area contributed by atoms with Gasteiger partial charge in [-0.1, -0.05) is 125 Å². The summed E-state index contributed by atoms with van der Waals surface area (Å²) in [5, 5.41) is 11.7. The Kier molecular flexibility index (Phi) is 7.26. The van der Waals surface area contributed by atoms with Gasteiger partial charge in [-0.2, -0.15) is 0 Å². The number of imidazole rings is 1. The third kappa shape index (κ3) is 7.04. The fourth-order valence-electron chi connectivity index (χ4n) is 7.30. The SMILES string of the molecule is [2H]c1c([2H])c(C([2H])([2H])[2H])c([2H])c([2H])c1-c1ccnc(-c2cc(-c3cccc4c3nc(-c3cc(C)cc(C)c3O)n4-c3cc(-c4ccccc4)cc(C([2H])(C)C)c3)cc(C(C)(C)C)c2)c1. The van der Waals surface area contributed by atoms with Crippen molar-refractivity contribution >= 4 is 11.0 Å². The van der Waals surface area contributed by atoms with Gasteiger partial charge in [-0.05, 0) is 131 Å². The highest BCUT2D eigenvalue weighted by Gasteiger charge is 2.24. The minimum Gasteiger partial charge on any atom is -0.507 e. The van der Waals surface area contributed by atoms with Crippen molar-refractivity contribution in [1.29, 1.82) is 0 Å². The lowest BCUT2D eigenvalue weighted by Crippen LogP contribution is -2.11. The number of pyridine rings is 1. The minimum absolute atomic E-state index is 0.00961. The van der Waals surface area contributed by atoms with E-state index in [1.54, 1.807) is 18.3 Å². The van der Waals surface area contributed by atoms with Crippen LogP contribution in [0, 0.1) is 20.7 Å². The van der Waals surface area contributed by atoms with Crippen molar-refractivity contribution in [2.24, 2.45) is 0 Å². The van der Waals surface area contributed by atoms with Crippen LogP contribution in [0.4, 0.5) is 0 Å². The van der Waals surface area contributed by atoms with E-state index in [0.717, 1.165) is 61.3 Å². The fraction of sp³-hybridized carbons (Fsp3) is 0.192. The van der Waals surface area contributed by atoms with Crippen LogP contribution in [0.15, 0.2) is 140 Å². The van der Waals surface area contributed by atoms with Crippen LogP contribution < -0.4 is 0 Å². The Balaban J connectivity index is 1.39. The van der Waals surface area contributed by atoms with Crippen molar-refractivity contribution in [2.75, 3.05) is 0 Å². The quantitative estimate of drug-likeness (QED) is 0.177. The number of benzene rings is 6. The molecule has 0 aliphatic rings. The Hall–Kier alpha value is -6.26. The second-order valence-electron chi connectivity index (χ2n) is 15.8. The van der Waals surface area contributed by atoms with Gasteiger partial charge in [0.2, 0.25) is 0 Å². The van der Waals surface area contributed by atoms with Gasteiger partial charge in [0.15, 0.2) is 0 Å². The molecule has 4 heteroatoms. The van der Waals surface area contributed by atoms with Gasteiger partial charge in [0, 0.05) is 28.5 Å². The van der Waals surface area contributed by atoms with Gasteiger partial charge in [-0.15, -0.1) is 0 Å². The van der Waals surface area contributed by atoms with Crippen molar-refractivity contribution < 1.29 is 16.1 Å². The average molecular weight is 740 g/mol. The van der Waals surface area contributed by atoms with E-state index < -0.39 is 42.5 Å². The Morgan fingerprint density at radius 3 is 2.20 bits per heavy atom. The molecule has 0 amide bonds. The molecule has 4 nitrogen and oxygen atoms in total. The van der Waals surface area contributed by atoms with E-state index in [0.29, 0.717) is 28.2 Å². The van der Waals surface area contributed by atoms with Crippen molar-refractivity contribution in [1.82, 2.24) is 14.5 Å². The molecule has 2 aromatic heterocycles. The lowest BCUT2D eigenvalue weighted by atomic mass is 9.83. The van der Waals surface area contributed by atoms with Crippen molar-refractivity contribution in [2.45, 2.75) is 66.6 Å². The summed E-state index contributed by atoms with van der Waals surface area (Å²) in [6.07, 6.45) is 1.55. The molecule has 8 aromatic rings. The number of hydrogen-bond acceptors (Lipinski definition) is 3. The van der Waals surface area contributed by atoms with Crippen LogP contribution in [0.2, 0.25) is 0 Å². The Morgan fingerprint density at radius 1 is 0.696 bits per heavy atom. The van der Waals surface area contributed by atoms with Crippen molar-refractivity contribution in [3.8, 4) is 67.5 Å². The molecule has 0 bridgehead atoms. The molecule has 6 aromatic carbocycles. The first-order chi connectivity index (χ1) is 30.0. The normalized spacial score (nSPS) is 14.3. The fourth-order valence-corrected chi connectivity index (χ4v) is 7.30. The molecular weight excluding hydrogens is 683 g/mol. The van der Waals surface area contributed by atoms with Crippen LogP contribution in [0.5, 0.6) is 5.75 Å². The molecule has 56 heavy (non-hydrogen) atoms. The second kappa shape index (κ2) is 14.4. The second-order valence-corrected chi connectivity index (χ2v) is 15.8. The molecule has 8 rings (SSSR count). The molecule has 2 heterocycles. The average Bonchev–Trinajstić information content (AvgIpc) is 3.63. The number of para-hydroxylation sites is 1. The number of fused-ring (bicyclic) bond motifs is 1. The van der Waals surface area contributed by atoms with Gasteiger partial charge in [0.1, 0.15) is 11.6 Å². The van der Waals surface area contributed by atoms with Gasteiger partial charge in [-0.3, -0.25) is 9.55 Å². The zero-order chi connectivity index (χ0) is 46.2. The van der Waals surface area contributed by atoms with Gasteiger partial charge in [-0.25, -0.2) is 4.98 Å². The largest absolute Gasteiger partial charge is 0.507 e. The van der Waals surface area contributed by atoms with Crippen LogP contribution in [-0.4, -0.2) is 19.6 Å². The smallest absolute Gasteiger partial charge is 0.149 e. The highest BCUT2D eigenvalue weighted by molar-refractivity contribution is 5.97. The van der Waals surface area contributed by atoms with Crippen LogP contribution in [0.3, 0.4) is 0 Å². The summed E-state index contributed by atoms with van der Waals surface area (Å²) in [4.78, 5) is 10.1. The van der Waals surface area contributed by atoms with E-state index in [4.69, 9.17) is 20.9 Å². The monoisotopic (exact) mass is 739 g/mol. The molecule has 0 unspecified atom stereocenters. The summed E-state index contributed by atoms with van der Waals surface area (Å²) in [6, 6.07) is 33.7. The molecule has 0 spiro atoms. The first-order valence-corrected chi connectivity index (χ1v) is 18.8. The third-order valence-corrected chi connectivity index (χ3v) is 10.3. The van der Waals surface area contributed by atoms with Crippen molar-refractivity contribution in [3.63, 3.8) is 0 Å². The van der Waals surface area contributed by atoms with Gasteiger partial charge >= 0.3 is 0 Å². The molecule has 0 atom stereocenters. The summed E-state index contributed by atoms with van der Waals surface area (Å²) < 4.78 is 69.5. The summed E-state index contributed by atoms with van der Waals surface area (Å²) in [7, 11) is 0. The number of aromatic hydroxyl groups is 1. The van der Waals surface area contributed by atoms with E-state index in [2.05, 4.69) is 61.7 Å². The summed E-state index contributed by atoms with van der Waals surface area (Å²) in [5.74, 6) is -0.268. The molecule has 0 saturated carbocycles. The van der Waals surface area contributed by atoms with Gasteiger partial charge < -0.3 is 5.11 Å². The topological polar surface area (TPSA) is 50.9 Å². The number of aryl methyl sites for hydroxylation is 2. The summed E-state index contributed by atoms with van der Waals surface area (Å²) in [5.41, 5.74) is 10.6. The molecule has 278 valence electrons. The van der Waals surface area contributed by atoms with Crippen LogP contribution in [0.1, 0.15) is 79.3 Å². The third-order valence-electron chi connectivity index (χ3n) is 10.3. The van der Waals surface area contributed by atoms with Crippen LogP contribution in [-0.2, 0) is 5.41 Å². The van der Waals surface area contributed by atoms with Gasteiger partial charge in [0.25, 0.3) is 0 Å². The molecule has 0 fully saturated rings. The van der Waals surface area contributed by atoms with E-state index in [1.807, 2.05) is 88.4 Å². The van der Waals surface area contributed by atoms with Gasteiger partial charge in [0.05, 0.1) is 27.8 Å². The zero-order valence-electron chi connectivity index (χ0n) is 40.8. The minimum atomic E-state index is -2.82. The molecule has 0 radical (unpaired) electrons. The first kappa shape index (κ1) is 28.2. The maximum atomic E-state index is 11.7. The lowest BCUT2D eigenvalue weighted by molar-refractivity contribution is 0.472. The van der Waals surface area contributed by atoms with E-state index in [-0.39, 0.29) is 16.7 Å². The predicted molar refractivity (Wildman–Crippen MR) is 235 cm³/mol. The standard InChI is InChI=1S/C52H49N3O/c1-32(2)39-25-40(36-13-10-9-11-14-36)30-44(29-39)55-48-16-12-15-45(49(48)54-51(55)46-24-34(4)23-35(5)50(46)56)41-26-42(28-43(27-41)52(6,7)8)47-31-38(21-22-53-47)37-19-17-33(3)18-20-37/h9-32,56H,1-8H3/i3D3,17D,18D,19D,20D,32D. The summed E-state index contributed by atoms with van der Waals surface area (Å²) in [6.45, 7) is 11.2. The Morgan fingerprint density at radius 2 is 1.46 bits per heavy atom. The number of rotatable bonds is 7. The number of phenolic OH excluding ortho intramolecular Hbond substituents is 1. The molecule has 0 aliphatic carbocycles. The lowest BCUT2D eigenvalue weighted by Gasteiger charge is -2.22.